The standard InChI is InChI=1S/C12H11N3O4S2/c16-9(6-19-8-4-2-1-3-5-8)13-11-14-15-12(21-11)20-7-10(17)18/h1-5H,6-7H2,(H,17,18)(H,13,14,16). The Balaban J connectivity index is 1.78. The molecule has 0 saturated heterocycles. The van der Waals surface area contributed by atoms with Gasteiger partial charge in [-0.3, -0.25) is 14.9 Å². The van der Waals surface area contributed by atoms with Crippen LogP contribution in [0, 0.1) is 0 Å². The monoisotopic (exact) mass is 325 g/mol. The number of carbonyl (C=O) groups excluding carboxylic acids is 1. The smallest absolute Gasteiger partial charge is 0.313 e. The van der Waals surface area contributed by atoms with Crippen LogP contribution in [0.15, 0.2) is 34.7 Å². The third-order valence-electron chi connectivity index (χ3n) is 2.09. The molecule has 0 fully saturated rings. The number of ether oxygens (including phenoxy) is 1. The Hall–Kier alpha value is -2.13. The van der Waals surface area contributed by atoms with Crippen LogP contribution in [-0.4, -0.2) is 39.5 Å². The minimum Gasteiger partial charge on any atom is -0.484 e. The second kappa shape index (κ2) is 7.60. The third kappa shape index (κ3) is 5.40. The van der Waals surface area contributed by atoms with Gasteiger partial charge in [-0.15, -0.1) is 10.2 Å². The predicted octanol–water partition coefficient (Wildman–Crippen LogP) is 1.73. The molecule has 0 bridgehead atoms. The van der Waals surface area contributed by atoms with Crippen molar-refractivity contribution in [1.29, 1.82) is 0 Å². The van der Waals surface area contributed by atoms with E-state index in [0.29, 0.717) is 15.2 Å². The average Bonchev–Trinajstić information content (AvgIpc) is 2.91. The fraction of sp³-hybridized carbons (Fsp3) is 0.167. The third-order valence-corrected chi connectivity index (χ3v) is 4.04. The Kier molecular flexibility index (Phi) is 5.52. The summed E-state index contributed by atoms with van der Waals surface area (Å²) in [7, 11) is 0. The van der Waals surface area contributed by atoms with Gasteiger partial charge in [0.15, 0.2) is 10.9 Å². The molecule has 9 heteroatoms. The summed E-state index contributed by atoms with van der Waals surface area (Å²) in [6.07, 6.45) is 0. The molecule has 0 unspecified atom stereocenters. The summed E-state index contributed by atoms with van der Waals surface area (Å²) in [4.78, 5) is 22.1. The summed E-state index contributed by atoms with van der Waals surface area (Å²) in [5.41, 5.74) is 0. The number of anilines is 1. The molecule has 110 valence electrons. The van der Waals surface area contributed by atoms with Gasteiger partial charge in [0.05, 0.1) is 5.75 Å². The fourth-order valence-electron chi connectivity index (χ4n) is 1.26. The normalized spacial score (nSPS) is 10.1. The van der Waals surface area contributed by atoms with Crippen molar-refractivity contribution in [3.63, 3.8) is 0 Å². The second-order valence-electron chi connectivity index (χ2n) is 3.71. The largest absolute Gasteiger partial charge is 0.484 e. The molecule has 7 nitrogen and oxygen atoms in total. The molecule has 2 rings (SSSR count). The van der Waals surface area contributed by atoms with Gasteiger partial charge in [-0.2, -0.15) is 0 Å². The minimum absolute atomic E-state index is 0.0975. The van der Waals surface area contributed by atoms with Crippen molar-refractivity contribution in [1.82, 2.24) is 10.2 Å². The van der Waals surface area contributed by atoms with E-state index in [1.807, 2.05) is 18.2 Å². The second-order valence-corrected chi connectivity index (χ2v) is 5.91. The van der Waals surface area contributed by atoms with Gasteiger partial charge >= 0.3 is 5.97 Å². The molecule has 1 aromatic heterocycles. The van der Waals surface area contributed by atoms with Crippen LogP contribution < -0.4 is 10.1 Å². The highest BCUT2D eigenvalue weighted by atomic mass is 32.2. The number of hydrogen-bond acceptors (Lipinski definition) is 7. The molecular formula is C12H11N3O4S2. The van der Waals surface area contributed by atoms with E-state index >= 15 is 0 Å². The lowest BCUT2D eigenvalue weighted by Crippen LogP contribution is -2.20. The number of nitrogens with one attached hydrogen (secondary N) is 1. The Bertz CT molecular complexity index is 618. The van der Waals surface area contributed by atoms with E-state index < -0.39 is 5.97 Å². The Morgan fingerprint density at radius 2 is 2.05 bits per heavy atom. The van der Waals surface area contributed by atoms with Crippen molar-refractivity contribution in [2.75, 3.05) is 17.7 Å². The average molecular weight is 325 g/mol. The van der Waals surface area contributed by atoms with Crippen LogP contribution in [-0.2, 0) is 9.59 Å². The Morgan fingerprint density at radius 3 is 2.76 bits per heavy atom. The first kappa shape index (κ1) is 15.3. The zero-order valence-electron chi connectivity index (χ0n) is 10.7. The summed E-state index contributed by atoms with van der Waals surface area (Å²) in [6, 6.07) is 8.97. The number of benzene rings is 1. The van der Waals surface area contributed by atoms with E-state index in [2.05, 4.69) is 15.5 Å². The molecule has 21 heavy (non-hydrogen) atoms. The molecule has 1 aromatic carbocycles. The van der Waals surface area contributed by atoms with Crippen molar-refractivity contribution < 1.29 is 19.4 Å². The molecular weight excluding hydrogens is 314 g/mol. The van der Waals surface area contributed by atoms with Gasteiger partial charge in [-0.05, 0) is 12.1 Å². The lowest BCUT2D eigenvalue weighted by molar-refractivity contribution is -0.133. The number of aromatic nitrogens is 2. The van der Waals surface area contributed by atoms with Gasteiger partial charge in [-0.25, -0.2) is 0 Å². The number of rotatable bonds is 7. The van der Waals surface area contributed by atoms with Crippen molar-refractivity contribution in [3.05, 3.63) is 30.3 Å². The number of nitrogens with zero attached hydrogens (tertiary/aromatic N) is 2. The maximum Gasteiger partial charge on any atom is 0.313 e. The lowest BCUT2D eigenvalue weighted by Gasteiger charge is -2.04. The zero-order valence-corrected chi connectivity index (χ0v) is 12.3. The van der Waals surface area contributed by atoms with E-state index in [-0.39, 0.29) is 18.3 Å². The molecule has 0 aliphatic heterocycles. The summed E-state index contributed by atoms with van der Waals surface area (Å²) < 4.78 is 5.77. The van der Waals surface area contributed by atoms with Crippen LogP contribution in [0.2, 0.25) is 0 Å². The SMILES string of the molecule is O=C(O)CSc1nnc(NC(=O)COc2ccccc2)s1. The van der Waals surface area contributed by atoms with Gasteiger partial charge in [-0.1, -0.05) is 41.3 Å². The first-order chi connectivity index (χ1) is 10.1. The van der Waals surface area contributed by atoms with Crippen molar-refractivity contribution in [2.45, 2.75) is 4.34 Å². The lowest BCUT2D eigenvalue weighted by atomic mass is 10.3. The van der Waals surface area contributed by atoms with Gasteiger partial charge < -0.3 is 9.84 Å². The number of carbonyl (C=O) groups is 2. The number of aliphatic carboxylic acids is 1. The number of hydrogen-bond donors (Lipinski definition) is 2. The van der Waals surface area contributed by atoms with E-state index in [1.165, 1.54) is 0 Å². The zero-order chi connectivity index (χ0) is 15.1. The number of thioether (sulfide) groups is 1. The van der Waals surface area contributed by atoms with Crippen LogP contribution in [0.25, 0.3) is 0 Å². The van der Waals surface area contributed by atoms with Crippen molar-refractivity contribution >= 4 is 40.1 Å². The molecule has 0 spiro atoms. The summed E-state index contributed by atoms with van der Waals surface area (Å²) in [5.74, 6) is -0.788. The highest BCUT2D eigenvalue weighted by Gasteiger charge is 2.10. The van der Waals surface area contributed by atoms with Crippen molar-refractivity contribution in [2.24, 2.45) is 0 Å². The minimum atomic E-state index is -0.933. The molecule has 0 atom stereocenters. The maximum absolute atomic E-state index is 11.7. The molecule has 1 amide bonds. The topological polar surface area (TPSA) is 101 Å². The number of carboxylic acid groups (broad SMARTS) is 1. The highest BCUT2D eigenvalue weighted by molar-refractivity contribution is 8.01. The summed E-state index contributed by atoms with van der Waals surface area (Å²) >= 11 is 2.16. The van der Waals surface area contributed by atoms with Crippen LogP contribution in [0.1, 0.15) is 0 Å². The van der Waals surface area contributed by atoms with Crippen LogP contribution in [0.5, 0.6) is 5.75 Å². The quantitative estimate of drug-likeness (QED) is 0.590. The van der Waals surface area contributed by atoms with Gasteiger partial charge in [0.2, 0.25) is 5.13 Å². The molecule has 2 N–H and O–H groups in total. The first-order valence-electron chi connectivity index (χ1n) is 5.79. The molecule has 0 aliphatic carbocycles. The van der Waals surface area contributed by atoms with Gasteiger partial charge in [0.1, 0.15) is 5.75 Å². The molecule has 1 heterocycles. The Morgan fingerprint density at radius 1 is 1.29 bits per heavy atom. The molecule has 0 saturated carbocycles. The molecule has 0 radical (unpaired) electrons. The highest BCUT2D eigenvalue weighted by Crippen LogP contribution is 2.25. The fourth-order valence-corrected chi connectivity index (χ4v) is 2.75. The Labute approximate surface area is 128 Å². The van der Waals surface area contributed by atoms with Crippen molar-refractivity contribution in [3.8, 4) is 5.75 Å². The van der Waals surface area contributed by atoms with Crippen LogP contribution >= 0.6 is 23.1 Å². The van der Waals surface area contributed by atoms with E-state index in [0.717, 1.165) is 23.1 Å². The van der Waals surface area contributed by atoms with E-state index in [4.69, 9.17) is 9.84 Å². The van der Waals surface area contributed by atoms with E-state index in [1.54, 1.807) is 12.1 Å². The number of para-hydroxylation sites is 1. The van der Waals surface area contributed by atoms with Gasteiger partial charge in [0, 0.05) is 0 Å². The summed E-state index contributed by atoms with van der Waals surface area (Å²) in [5, 5.41) is 18.9. The maximum atomic E-state index is 11.7. The summed E-state index contributed by atoms with van der Waals surface area (Å²) in [6.45, 7) is -0.138. The molecule has 0 aliphatic rings. The van der Waals surface area contributed by atoms with Crippen LogP contribution in [0.4, 0.5) is 5.13 Å². The number of amides is 1. The van der Waals surface area contributed by atoms with Gasteiger partial charge in [0.25, 0.3) is 5.91 Å². The van der Waals surface area contributed by atoms with E-state index in [9.17, 15) is 9.59 Å². The number of carboxylic acids is 1. The molecule has 2 aromatic rings. The first-order valence-corrected chi connectivity index (χ1v) is 7.59. The predicted molar refractivity (Wildman–Crippen MR) is 78.8 cm³/mol. The van der Waals surface area contributed by atoms with Crippen LogP contribution in [0.3, 0.4) is 0 Å².